The molecule has 0 aliphatic heterocycles. The highest BCUT2D eigenvalue weighted by atomic mass is 16.1. The van der Waals surface area contributed by atoms with E-state index in [2.05, 4.69) is 0 Å². The fourth-order valence-corrected chi connectivity index (χ4v) is 2.44. The Morgan fingerprint density at radius 3 is 2.11 bits per heavy atom. The summed E-state index contributed by atoms with van der Waals surface area (Å²) in [5.41, 5.74) is 8.02. The van der Waals surface area contributed by atoms with E-state index in [0.29, 0.717) is 0 Å². The molecule has 0 spiro atoms. The molecule has 2 nitrogen and oxygen atoms in total. The maximum absolute atomic E-state index is 12.6. The first-order chi connectivity index (χ1) is 8.72. The van der Waals surface area contributed by atoms with Crippen LogP contribution in [0.15, 0.2) is 54.6 Å². The maximum Gasteiger partial charge on any atom is 0.173 e. The molecule has 18 heavy (non-hydrogen) atoms. The van der Waals surface area contributed by atoms with Crippen molar-refractivity contribution >= 4 is 11.5 Å². The van der Waals surface area contributed by atoms with Crippen molar-refractivity contribution in [3.05, 3.63) is 65.7 Å². The third kappa shape index (κ3) is 1.70. The fraction of sp³-hybridized carbons (Fsp3) is 0.188. The Morgan fingerprint density at radius 1 is 0.944 bits per heavy atom. The molecule has 1 fully saturated rings. The van der Waals surface area contributed by atoms with Crippen LogP contribution in [0.3, 0.4) is 0 Å². The van der Waals surface area contributed by atoms with E-state index in [4.69, 9.17) is 5.73 Å². The number of nitrogens with two attached hydrogens (primary N) is 1. The Morgan fingerprint density at radius 2 is 1.56 bits per heavy atom. The van der Waals surface area contributed by atoms with Crippen LogP contribution in [0, 0.1) is 0 Å². The molecule has 0 atom stereocenters. The predicted molar refractivity (Wildman–Crippen MR) is 72.5 cm³/mol. The van der Waals surface area contributed by atoms with Gasteiger partial charge in [-0.05, 0) is 30.5 Å². The maximum atomic E-state index is 12.6. The second kappa shape index (κ2) is 3.98. The van der Waals surface area contributed by atoms with E-state index in [9.17, 15) is 4.79 Å². The first kappa shape index (κ1) is 11.0. The van der Waals surface area contributed by atoms with Crippen molar-refractivity contribution in [2.24, 2.45) is 0 Å². The molecule has 3 rings (SSSR count). The average Bonchev–Trinajstić information content (AvgIpc) is 3.21. The standard InChI is InChI=1S/C16H15NO/c17-14-8-6-13(7-9-14)16(10-11-16)15(18)12-4-2-1-3-5-12/h1-9H,10-11,17H2. The molecule has 0 aromatic heterocycles. The van der Waals surface area contributed by atoms with Gasteiger partial charge in [0, 0.05) is 11.3 Å². The zero-order valence-corrected chi connectivity index (χ0v) is 10.1. The molecule has 0 amide bonds. The van der Waals surface area contributed by atoms with Crippen molar-refractivity contribution in [3.8, 4) is 0 Å². The highest BCUT2D eigenvalue weighted by molar-refractivity contribution is 6.06. The van der Waals surface area contributed by atoms with Crippen molar-refractivity contribution in [2.45, 2.75) is 18.3 Å². The van der Waals surface area contributed by atoms with Crippen molar-refractivity contribution in [1.29, 1.82) is 0 Å². The average molecular weight is 237 g/mol. The summed E-state index contributed by atoms with van der Waals surface area (Å²) in [5, 5.41) is 0. The Hall–Kier alpha value is -2.09. The van der Waals surface area contributed by atoms with Crippen molar-refractivity contribution < 1.29 is 4.79 Å². The number of hydrogen-bond donors (Lipinski definition) is 1. The summed E-state index contributed by atoms with van der Waals surface area (Å²) >= 11 is 0. The smallest absolute Gasteiger partial charge is 0.173 e. The van der Waals surface area contributed by atoms with Gasteiger partial charge in [0.15, 0.2) is 5.78 Å². The van der Waals surface area contributed by atoms with Gasteiger partial charge in [-0.1, -0.05) is 42.5 Å². The molecular formula is C16H15NO. The number of Topliss-reactive ketones (excluding diaryl/α,β-unsaturated/α-hetero) is 1. The summed E-state index contributed by atoms with van der Waals surface area (Å²) in [6.07, 6.45) is 1.87. The molecule has 0 saturated heterocycles. The molecule has 1 aliphatic carbocycles. The lowest BCUT2D eigenvalue weighted by molar-refractivity contribution is 0.0946. The Labute approximate surface area is 106 Å². The lowest BCUT2D eigenvalue weighted by Crippen LogP contribution is -2.20. The third-order valence-corrected chi connectivity index (χ3v) is 3.68. The van der Waals surface area contributed by atoms with Crippen LogP contribution in [-0.4, -0.2) is 5.78 Å². The van der Waals surface area contributed by atoms with Crippen LogP contribution >= 0.6 is 0 Å². The molecule has 1 saturated carbocycles. The van der Waals surface area contributed by atoms with E-state index in [1.54, 1.807) is 0 Å². The van der Waals surface area contributed by atoms with Gasteiger partial charge in [-0.2, -0.15) is 0 Å². The molecule has 90 valence electrons. The molecule has 1 aliphatic rings. The van der Waals surface area contributed by atoms with Crippen LogP contribution in [0.2, 0.25) is 0 Å². The zero-order valence-electron chi connectivity index (χ0n) is 10.1. The third-order valence-electron chi connectivity index (χ3n) is 3.68. The first-order valence-corrected chi connectivity index (χ1v) is 6.18. The Bertz CT molecular complexity index is 568. The van der Waals surface area contributed by atoms with E-state index >= 15 is 0 Å². The molecule has 2 heteroatoms. The summed E-state index contributed by atoms with van der Waals surface area (Å²) in [4.78, 5) is 12.6. The molecule has 2 N–H and O–H groups in total. The van der Waals surface area contributed by atoms with Crippen LogP contribution in [0.1, 0.15) is 28.8 Å². The molecule has 0 bridgehead atoms. The molecule has 2 aromatic carbocycles. The van der Waals surface area contributed by atoms with E-state index in [0.717, 1.165) is 29.7 Å². The largest absolute Gasteiger partial charge is 0.399 e. The quantitative estimate of drug-likeness (QED) is 0.658. The van der Waals surface area contributed by atoms with Gasteiger partial charge in [0.25, 0.3) is 0 Å². The fourth-order valence-electron chi connectivity index (χ4n) is 2.44. The van der Waals surface area contributed by atoms with Crippen molar-refractivity contribution in [1.82, 2.24) is 0 Å². The van der Waals surface area contributed by atoms with Gasteiger partial charge >= 0.3 is 0 Å². The van der Waals surface area contributed by atoms with Gasteiger partial charge in [-0.3, -0.25) is 4.79 Å². The topological polar surface area (TPSA) is 43.1 Å². The summed E-state index contributed by atoms with van der Waals surface area (Å²) in [6.45, 7) is 0. The number of ketones is 1. The van der Waals surface area contributed by atoms with E-state index < -0.39 is 0 Å². The van der Waals surface area contributed by atoms with Crippen molar-refractivity contribution in [3.63, 3.8) is 0 Å². The second-order valence-corrected chi connectivity index (χ2v) is 4.90. The molecular weight excluding hydrogens is 222 g/mol. The SMILES string of the molecule is Nc1ccc(C2(C(=O)c3ccccc3)CC2)cc1. The highest BCUT2D eigenvalue weighted by Crippen LogP contribution is 2.50. The summed E-state index contributed by atoms with van der Waals surface area (Å²) < 4.78 is 0. The Kier molecular flexibility index (Phi) is 2.44. The first-order valence-electron chi connectivity index (χ1n) is 6.18. The molecule has 0 heterocycles. The normalized spacial score (nSPS) is 16.2. The molecule has 0 radical (unpaired) electrons. The monoisotopic (exact) mass is 237 g/mol. The number of carbonyl (C=O) groups excluding carboxylic acids is 1. The van der Waals surface area contributed by atoms with E-state index in [1.807, 2.05) is 54.6 Å². The van der Waals surface area contributed by atoms with Gasteiger partial charge in [-0.25, -0.2) is 0 Å². The minimum absolute atomic E-state index is 0.230. The minimum atomic E-state index is -0.297. The number of nitrogen functional groups attached to an aromatic ring is 1. The summed E-state index contributed by atoms with van der Waals surface area (Å²) in [7, 11) is 0. The summed E-state index contributed by atoms with van der Waals surface area (Å²) in [6, 6.07) is 17.2. The number of carbonyl (C=O) groups is 1. The van der Waals surface area contributed by atoms with Crippen LogP contribution in [0.25, 0.3) is 0 Å². The van der Waals surface area contributed by atoms with Gasteiger partial charge in [0.2, 0.25) is 0 Å². The number of anilines is 1. The van der Waals surface area contributed by atoms with Crippen LogP contribution in [-0.2, 0) is 5.41 Å². The predicted octanol–water partition coefficient (Wildman–Crippen LogP) is 3.18. The minimum Gasteiger partial charge on any atom is -0.399 e. The molecule has 2 aromatic rings. The van der Waals surface area contributed by atoms with Gasteiger partial charge in [0.1, 0.15) is 0 Å². The second-order valence-electron chi connectivity index (χ2n) is 4.90. The number of benzene rings is 2. The van der Waals surface area contributed by atoms with Gasteiger partial charge in [-0.15, -0.1) is 0 Å². The van der Waals surface area contributed by atoms with Gasteiger partial charge in [0.05, 0.1) is 5.41 Å². The van der Waals surface area contributed by atoms with Crippen molar-refractivity contribution in [2.75, 3.05) is 5.73 Å². The van der Waals surface area contributed by atoms with Crippen LogP contribution in [0.5, 0.6) is 0 Å². The summed E-state index contributed by atoms with van der Waals surface area (Å²) in [5.74, 6) is 0.230. The molecule has 0 unspecified atom stereocenters. The zero-order chi connectivity index (χ0) is 12.6. The lowest BCUT2D eigenvalue weighted by atomic mass is 9.87. The van der Waals surface area contributed by atoms with Gasteiger partial charge < -0.3 is 5.73 Å². The lowest BCUT2D eigenvalue weighted by Gasteiger charge is -2.14. The van der Waals surface area contributed by atoms with E-state index in [1.165, 1.54) is 0 Å². The Balaban J connectivity index is 1.96. The van der Waals surface area contributed by atoms with E-state index in [-0.39, 0.29) is 11.2 Å². The van der Waals surface area contributed by atoms with Crippen LogP contribution < -0.4 is 5.73 Å². The number of hydrogen-bond acceptors (Lipinski definition) is 2. The number of rotatable bonds is 3. The highest BCUT2D eigenvalue weighted by Gasteiger charge is 2.50. The van der Waals surface area contributed by atoms with Crippen LogP contribution in [0.4, 0.5) is 5.69 Å².